The Labute approximate surface area is 820 Å². The molecule has 2 aromatic heterocycles. The molecular formula is C106H98Br6O14S4+4. The summed E-state index contributed by atoms with van der Waals surface area (Å²) in [6.07, 6.45) is 11.4. The van der Waals surface area contributed by atoms with Crippen molar-refractivity contribution < 1.29 is 66.7 Å². The number of rotatable bonds is 25. The van der Waals surface area contributed by atoms with Gasteiger partial charge in [0.15, 0.2) is 74.4 Å². The van der Waals surface area contributed by atoms with E-state index in [2.05, 4.69) is 248 Å². The van der Waals surface area contributed by atoms with E-state index in [1.54, 1.807) is 20.8 Å². The molecule has 0 radical (unpaired) electrons. The lowest BCUT2D eigenvalue weighted by Gasteiger charge is -2.59. The molecule has 5 aliphatic rings. The third kappa shape index (κ3) is 23.6. The van der Waals surface area contributed by atoms with E-state index >= 15 is 0 Å². The zero-order valence-electron chi connectivity index (χ0n) is 72.2. The molecule has 4 bridgehead atoms. The van der Waals surface area contributed by atoms with Gasteiger partial charge in [0.25, 0.3) is 0 Å². The van der Waals surface area contributed by atoms with Crippen molar-refractivity contribution in [3.8, 4) is 44.3 Å². The van der Waals surface area contributed by atoms with E-state index < -0.39 is 3.23 Å². The van der Waals surface area contributed by atoms with Crippen LogP contribution in [0.5, 0.6) is 34.5 Å². The highest BCUT2D eigenvalue weighted by molar-refractivity contribution is 9.25. The summed E-state index contributed by atoms with van der Waals surface area (Å²) in [7, 11) is -1.01. The van der Waals surface area contributed by atoms with Gasteiger partial charge >= 0.3 is 35.8 Å². The van der Waals surface area contributed by atoms with E-state index in [9.17, 15) is 28.8 Å². The molecule has 14 nitrogen and oxygen atoms in total. The van der Waals surface area contributed by atoms with Crippen LogP contribution in [0.2, 0.25) is 0 Å². The minimum atomic E-state index is -0.885. The Bertz CT molecular complexity index is 6130. The highest BCUT2D eigenvalue weighted by atomic mass is 79.9. The fourth-order valence-electron chi connectivity index (χ4n) is 17.4. The highest BCUT2D eigenvalue weighted by Gasteiger charge is 2.57. The van der Waals surface area contributed by atoms with Gasteiger partial charge in [0.1, 0.15) is 60.2 Å². The molecule has 12 aromatic carbocycles. The Kier molecular flexibility index (Phi) is 32.3. The van der Waals surface area contributed by atoms with Crippen molar-refractivity contribution in [3.63, 3.8) is 0 Å². The average Bonchev–Trinajstić information content (AvgIpc) is 1.53. The van der Waals surface area contributed by atoms with Crippen molar-refractivity contribution in [1.29, 1.82) is 0 Å². The van der Waals surface area contributed by atoms with Crippen LogP contribution in [0, 0.1) is 23.7 Å². The summed E-state index contributed by atoms with van der Waals surface area (Å²) >= 11 is 19.5. The monoisotopic (exact) mass is 2200 g/mol. The van der Waals surface area contributed by atoms with Crippen molar-refractivity contribution in [3.05, 3.63) is 303 Å². The number of halogens is 6. The van der Waals surface area contributed by atoms with Crippen LogP contribution in [0.15, 0.2) is 333 Å². The maximum absolute atomic E-state index is 12.9. The summed E-state index contributed by atoms with van der Waals surface area (Å²) in [6.45, 7) is 9.15. The van der Waals surface area contributed by atoms with Gasteiger partial charge in [-0.2, -0.15) is 0 Å². The molecule has 19 rings (SSSR count). The molecule has 14 aromatic rings. The van der Waals surface area contributed by atoms with Crippen molar-refractivity contribution >= 4 is 214 Å². The van der Waals surface area contributed by atoms with Crippen LogP contribution in [0.25, 0.3) is 50.1 Å². The van der Waals surface area contributed by atoms with Crippen LogP contribution in [-0.2, 0) is 60.0 Å². The molecule has 130 heavy (non-hydrogen) atoms. The molecule has 5 fully saturated rings. The van der Waals surface area contributed by atoms with E-state index in [4.69, 9.17) is 37.9 Å². The maximum Gasteiger partial charge on any atom is 0.344 e. The Morgan fingerprint density at radius 2 is 0.677 bits per heavy atom. The second-order valence-electron chi connectivity index (χ2n) is 33.1. The molecule has 5 saturated carbocycles. The minimum Gasteiger partial charge on any atom is -0.482 e. The SMILES string of the molecule is CC(Br)(Br)C(=O)Oc1ccc(-[s+]2c3ccccc3c3ccccc32)cc1.CC(Br)C(=O)Oc1ccc([S+](c2ccccc2)c2ccc(OCC(=O)OC3(C)C4CC5CC(C4)CC3C5)cc2)cc1.CC(Br)C(=O)Oc1ccc([S+](c2ccccc2)c2ccc(OCC(=O)OC3(C)CCCCC3)cc2)cc1.O=C(Oc1ccc(-[s+]2c3ccccc3c3ccccc32)cc1)C(Br)CBr. The number of fused-ring (bicyclic) bond motifs is 6. The molecule has 0 spiro atoms. The highest BCUT2D eigenvalue weighted by Crippen LogP contribution is 2.60. The number of hydrogen-bond donors (Lipinski definition) is 0. The van der Waals surface area contributed by atoms with Crippen LogP contribution in [0.1, 0.15) is 98.8 Å². The number of hydrogen-bond acceptors (Lipinski definition) is 14. The smallest absolute Gasteiger partial charge is 0.344 e. The van der Waals surface area contributed by atoms with Crippen LogP contribution < -0.4 is 28.4 Å². The number of carbonyl (C=O) groups excluding carboxylic acids is 6. The molecule has 5 atom stereocenters. The van der Waals surface area contributed by atoms with Gasteiger partial charge in [0.2, 0.25) is 0 Å². The number of carbonyl (C=O) groups is 6. The van der Waals surface area contributed by atoms with Gasteiger partial charge in [0, 0.05) is 72.1 Å². The fourth-order valence-corrected chi connectivity index (χ4v) is 27.0. The fraction of sp³-hybridized carbons (Fsp3) is 0.264. The first-order chi connectivity index (χ1) is 62.7. The number of esters is 6. The maximum atomic E-state index is 12.9. The molecule has 0 amide bonds. The third-order valence-corrected chi connectivity index (χ3v) is 36.4. The molecule has 0 saturated heterocycles. The first-order valence-corrected chi connectivity index (χ1v) is 53.6. The predicted molar refractivity (Wildman–Crippen MR) is 546 cm³/mol. The van der Waals surface area contributed by atoms with Gasteiger partial charge < -0.3 is 37.9 Å². The van der Waals surface area contributed by atoms with E-state index in [0.717, 1.165) is 57.1 Å². The van der Waals surface area contributed by atoms with E-state index in [-0.39, 0.29) is 117 Å². The van der Waals surface area contributed by atoms with E-state index in [1.165, 1.54) is 98.5 Å². The molecule has 5 aliphatic carbocycles. The van der Waals surface area contributed by atoms with Crippen LogP contribution >= 0.6 is 117 Å². The summed E-state index contributed by atoms with van der Waals surface area (Å²) in [4.78, 5) is 81.2. The molecule has 5 unspecified atom stereocenters. The number of alkyl halides is 6. The first-order valence-electron chi connectivity index (χ1n) is 43.2. The third-order valence-electron chi connectivity index (χ3n) is 23.7. The van der Waals surface area contributed by atoms with Gasteiger partial charge in [-0.25, -0.2) is 14.4 Å². The molecule has 668 valence electrons. The number of ether oxygens (including phenoxy) is 8. The van der Waals surface area contributed by atoms with Gasteiger partial charge in [-0.1, -0.05) is 187 Å². The second kappa shape index (κ2) is 43.8. The van der Waals surface area contributed by atoms with Crippen LogP contribution in [0.4, 0.5) is 0 Å². The van der Waals surface area contributed by atoms with Crippen molar-refractivity contribution in [2.45, 2.75) is 157 Å². The molecule has 0 N–H and O–H groups in total. The molecule has 24 heteroatoms. The average molecular weight is 2200 g/mol. The lowest BCUT2D eigenvalue weighted by atomic mass is 9.50. The summed E-state index contributed by atoms with van der Waals surface area (Å²) in [5.41, 5.74) is -0.713. The van der Waals surface area contributed by atoms with Crippen molar-refractivity contribution in [2.75, 3.05) is 18.5 Å². The zero-order chi connectivity index (χ0) is 91.2. The van der Waals surface area contributed by atoms with Gasteiger partial charge in [0.05, 0.1) is 21.8 Å². The normalized spacial score (nSPS) is 18.2. The lowest BCUT2D eigenvalue weighted by molar-refractivity contribution is -0.204. The van der Waals surface area contributed by atoms with Gasteiger partial charge in [-0.3, -0.25) is 14.4 Å². The Morgan fingerprint density at radius 1 is 0.377 bits per heavy atom. The molecule has 2 heterocycles. The zero-order valence-corrected chi connectivity index (χ0v) is 85.0. The Morgan fingerprint density at radius 3 is 1.02 bits per heavy atom. The topological polar surface area (TPSA) is 176 Å². The summed E-state index contributed by atoms with van der Waals surface area (Å²) in [5.74, 6) is 4.09. The lowest BCUT2D eigenvalue weighted by Crippen LogP contribution is -2.58. The van der Waals surface area contributed by atoms with E-state index in [0.29, 0.717) is 51.7 Å². The molecular weight excluding hydrogens is 2100 g/mol. The number of benzene rings is 12. The van der Waals surface area contributed by atoms with Crippen LogP contribution in [0.3, 0.4) is 0 Å². The van der Waals surface area contributed by atoms with Gasteiger partial charge in [-0.15, -0.1) is 0 Å². The summed E-state index contributed by atoms with van der Waals surface area (Å²) in [5, 5.41) is 5.73. The Balaban J connectivity index is 0.000000135. The first kappa shape index (κ1) is 95.7. The number of thiophene rings is 2. The Hall–Kier alpha value is -8.92. The van der Waals surface area contributed by atoms with E-state index in [1.807, 2.05) is 165 Å². The van der Waals surface area contributed by atoms with Crippen LogP contribution in [-0.4, -0.2) is 83.3 Å². The second-order valence-corrected chi connectivity index (χ2v) is 49.8. The van der Waals surface area contributed by atoms with Crippen molar-refractivity contribution in [2.24, 2.45) is 23.7 Å². The van der Waals surface area contributed by atoms with Gasteiger partial charge in [-0.05, 0) is 310 Å². The standard InChI is InChI=1S/C34H36BrO5S.C30H32BrO5S.2C21H15Br2O2S/c1-22(35)33(37)39-28-10-14-31(15-11-28)41(29-6-4-3-5-7-29)30-12-8-27(9-13-30)38-21-32(36)40-34(2)25-17-23-16-24(19-25)20-26(34)18-23;1-22(31)29(33)35-24-13-17-27(18-14-24)37(25-9-5-3-6-10-25)26-15-11-23(12-16-26)34-21-28(32)36-30(2)19-7-4-8-20-30;1-21(22,23)20(24)25-14-10-12-15(13-11-14)26-18-8-4-2-6-16(18)17-7-3-5-9-19(17)26;22-13-18(23)21(24)25-14-9-11-15(12-10-14)26-19-7-3-1-5-16(19)17-6-2-4-8-20(17)26/h3-15,22-26H,16-21H2,1-2H3;3,5-6,9-18,22H,4,7-8,19-21H2,1-2H3;2-13H,1H3;1-12,18H,13H2/q4*+1. The minimum absolute atomic E-state index is 0.0845. The molecule has 0 aliphatic heterocycles. The summed E-state index contributed by atoms with van der Waals surface area (Å²) in [6, 6.07) is 102. The van der Waals surface area contributed by atoms with Crippen molar-refractivity contribution in [1.82, 2.24) is 0 Å². The quantitative estimate of drug-likeness (QED) is 0.0229. The summed E-state index contributed by atoms with van der Waals surface area (Å²) < 4.78 is 49.7. The largest absolute Gasteiger partial charge is 0.482 e. The predicted octanol–water partition coefficient (Wildman–Crippen LogP) is 28.7.